The number of aromatic nitrogens is 1. The lowest BCUT2D eigenvalue weighted by Crippen LogP contribution is -2.44. The molecule has 0 aromatic carbocycles. The van der Waals surface area contributed by atoms with Gasteiger partial charge in [0.05, 0.1) is 17.8 Å². The van der Waals surface area contributed by atoms with E-state index in [9.17, 15) is 19.5 Å². The number of nitrogens with one attached hydrogen (secondary N) is 1. The topological polar surface area (TPSA) is 91.6 Å². The minimum atomic E-state index is -0.942. The highest BCUT2D eigenvalue weighted by molar-refractivity contribution is 8.02. The summed E-state index contributed by atoms with van der Waals surface area (Å²) < 4.78 is 1.48. The van der Waals surface area contributed by atoms with Crippen molar-refractivity contribution in [3.05, 3.63) is 45.2 Å². The van der Waals surface area contributed by atoms with Crippen molar-refractivity contribution in [2.75, 3.05) is 13.1 Å². The van der Waals surface area contributed by atoms with E-state index in [4.69, 9.17) is 0 Å². The molecule has 8 heteroatoms. The number of carbonyl (C=O) groups excluding carboxylic acids is 1. The van der Waals surface area contributed by atoms with E-state index in [-0.39, 0.29) is 23.8 Å². The number of aliphatic carboxylic acids is 1. The molecule has 4 rings (SSSR count). The molecular formula is C26H37N3O4S. The number of hydrogen-bond donors (Lipinski definition) is 2. The van der Waals surface area contributed by atoms with Gasteiger partial charge in [-0.3, -0.25) is 19.3 Å². The summed E-state index contributed by atoms with van der Waals surface area (Å²) in [5.74, 6) is 0.676. The fourth-order valence-corrected chi connectivity index (χ4v) is 6.53. The first-order chi connectivity index (χ1) is 16.2. The lowest BCUT2D eigenvalue weighted by Gasteiger charge is -2.27. The average Bonchev–Trinajstić information content (AvgIpc) is 3.29. The third-order valence-electron chi connectivity index (χ3n) is 7.32. The highest BCUT2D eigenvalue weighted by atomic mass is 32.2. The van der Waals surface area contributed by atoms with E-state index < -0.39 is 18.1 Å². The first-order valence-corrected chi connectivity index (χ1v) is 13.4. The van der Waals surface area contributed by atoms with E-state index in [2.05, 4.69) is 15.6 Å². The van der Waals surface area contributed by atoms with E-state index in [0.29, 0.717) is 11.8 Å². The number of aryl methyl sites for hydroxylation is 1. The molecule has 2 fully saturated rings. The maximum absolute atomic E-state index is 13.4. The van der Waals surface area contributed by atoms with Crippen LogP contribution in [0.15, 0.2) is 34.1 Å². The number of carboxylic acids is 1. The third-order valence-corrected chi connectivity index (χ3v) is 8.54. The van der Waals surface area contributed by atoms with Crippen molar-refractivity contribution >= 4 is 23.6 Å². The zero-order valence-corrected chi connectivity index (χ0v) is 21.2. The Bertz CT molecular complexity index is 1000. The summed E-state index contributed by atoms with van der Waals surface area (Å²) in [5, 5.41) is 14.9. The molecule has 1 saturated carbocycles. The molecule has 0 radical (unpaired) electrons. The molecule has 3 heterocycles. The number of hydrogen-bond acceptors (Lipinski definition) is 5. The number of nitrogens with zero attached hydrogens (tertiary/aromatic N) is 2. The third kappa shape index (κ3) is 6.13. The first kappa shape index (κ1) is 25.0. The van der Waals surface area contributed by atoms with Crippen LogP contribution in [-0.4, -0.2) is 51.0 Å². The molecule has 7 nitrogen and oxygen atoms in total. The van der Waals surface area contributed by atoms with Crippen molar-refractivity contribution in [3.8, 4) is 0 Å². The number of likely N-dealkylation sites (tertiary alicyclic amines) is 1. The minimum absolute atomic E-state index is 0.160. The highest BCUT2D eigenvalue weighted by Gasteiger charge is 2.39. The van der Waals surface area contributed by atoms with Crippen molar-refractivity contribution in [2.45, 2.75) is 76.8 Å². The van der Waals surface area contributed by atoms with Gasteiger partial charge in [-0.1, -0.05) is 13.8 Å². The number of pyridine rings is 1. The smallest absolute Gasteiger partial charge is 0.305 e. The van der Waals surface area contributed by atoms with E-state index >= 15 is 0 Å². The second-order valence-electron chi connectivity index (χ2n) is 10.6. The first-order valence-electron chi connectivity index (χ1n) is 12.5. The minimum Gasteiger partial charge on any atom is -0.481 e. The fourth-order valence-electron chi connectivity index (χ4n) is 5.29. The molecule has 1 aromatic rings. The lowest BCUT2D eigenvalue weighted by atomic mass is 9.99. The van der Waals surface area contributed by atoms with Crippen molar-refractivity contribution in [1.82, 2.24) is 14.8 Å². The lowest BCUT2D eigenvalue weighted by molar-refractivity contribution is -0.137. The monoisotopic (exact) mass is 487 g/mol. The molecule has 2 N–H and O–H groups in total. The van der Waals surface area contributed by atoms with Crippen LogP contribution in [0.4, 0.5) is 0 Å². The van der Waals surface area contributed by atoms with Crippen LogP contribution < -0.4 is 10.9 Å². The highest BCUT2D eigenvalue weighted by Crippen LogP contribution is 2.44. The predicted molar refractivity (Wildman–Crippen MR) is 135 cm³/mol. The molecular weight excluding hydrogens is 450 g/mol. The van der Waals surface area contributed by atoms with Crippen LogP contribution >= 0.6 is 11.8 Å². The van der Waals surface area contributed by atoms with Crippen molar-refractivity contribution in [3.63, 3.8) is 0 Å². The quantitative estimate of drug-likeness (QED) is 0.522. The molecule has 3 aliphatic rings. The fraction of sp³-hybridized carbons (Fsp3) is 0.654. The van der Waals surface area contributed by atoms with Crippen LogP contribution in [0.2, 0.25) is 0 Å². The number of carbonyl (C=O) groups is 2. The number of rotatable bonds is 10. The molecule has 4 atom stereocenters. The van der Waals surface area contributed by atoms with Crippen LogP contribution in [0.3, 0.4) is 0 Å². The Balaban J connectivity index is 1.45. The molecule has 1 aliphatic carbocycles. The standard InChI is InChI=1S/C26H37N3O4S/c1-16(2)10-22(29-9-6-17(3)11-23(29)30)26(33)27-21(13-25(31)32)20-12-24(34-15-20)28-8-7-19(14-28)18-4-5-18/h6,9,11,15-16,18-19,21-22,24H,4-5,7-8,10,12-14H2,1-3H3,(H,27,33)(H,31,32)/t19-,21-,22+,24?/m0/s1. The van der Waals surface area contributed by atoms with Gasteiger partial charge in [0.15, 0.2) is 0 Å². The van der Waals surface area contributed by atoms with Gasteiger partial charge in [0.25, 0.3) is 5.56 Å². The largest absolute Gasteiger partial charge is 0.481 e. The Morgan fingerprint density at radius 2 is 2.00 bits per heavy atom. The van der Waals surface area contributed by atoms with Crippen LogP contribution in [0.1, 0.15) is 64.0 Å². The van der Waals surface area contributed by atoms with E-state index in [0.717, 1.165) is 42.5 Å². The zero-order valence-electron chi connectivity index (χ0n) is 20.4. The van der Waals surface area contributed by atoms with Crippen LogP contribution in [0.5, 0.6) is 0 Å². The van der Waals surface area contributed by atoms with Crippen LogP contribution in [0, 0.1) is 24.7 Å². The summed E-state index contributed by atoms with van der Waals surface area (Å²) >= 11 is 1.75. The van der Waals surface area contributed by atoms with E-state index in [1.807, 2.05) is 26.8 Å². The summed E-state index contributed by atoms with van der Waals surface area (Å²) in [6.45, 7) is 8.11. The molecule has 1 amide bonds. The molecule has 1 aromatic heterocycles. The van der Waals surface area contributed by atoms with Gasteiger partial charge < -0.3 is 15.0 Å². The van der Waals surface area contributed by atoms with Crippen LogP contribution in [-0.2, 0) is 9.59 Å². The van der Waals surface area contributed by atoms with Crippen molar-refractivity contribution in [2.24, 2.45) is 17.8 Å². The summed E-state index contributed by atoms with van der Waals surface area (Å²) in [6.07, 6.45) is 6.77. The second kappa shape index (κ2) is 10.7. The molecule has 34 heavy (non-hydrogen) atoms. The summed E-state index contributed by atoms with van der Waals surface area (Å²) in [4.78, 5) is 40.2. The molecule has 186 valence electrons. The van der Waals surface area contributed by atoms with Gasteiger partial charge in [0, 0.05) is 18.8 Å². The summed E-state index contributed by atoms with van der Waals surface area (Å²) in [7, 11) is 0. The Kier molecular flexibility index (Phi) is 7.87. The Labute approximate surface area is 206 Å². The Morgan fingerprint density at radius 1 is 1.24 bits per heavy atom. The van der Waals surface area contributed by atoms with Gasteiger partial charge in [0.1, 0.15) is 6.04 Å². The number of carboxylic acid groups (broad SMARTS) is 1. The average molecular weight is 488 g/mol. The van der Waals surface area contributed by atoms with E-state index in [1.165, 1.54) is 29.9 Å². The van der Waals surface area contributed by atoms with Gasteiger partial charge in [-0.25, -0.2) is 0 Å². The van der Waals surface area contributed by atoms with Crippen LogP contribution in [0.25, 0.3) is 0 Å². The maximum atomic E-state index is 13.4. The SMILES string of the molecule is Cc1ccn([C@H](CC(C)C)C(=O)N[C@@H](CC(=O)O)C2=CSC(N3CC[C@H](C4CC4)C3)C2)c(=O)c1. The van der Waals surface area contributed by atoms with Gasteiger partial charge in [-0.2, -0.15) is 0 Å². The van der Waals surface area contributed by atoms with E-state index in [1.54, 1.807) is 18.0 Å². The van der Waals surface area contributed by atoms with Gasteiger partial charge >= 0.3 is 5.97 Å². The molecule has 0 bridgehead atoms. The number of thioether (sulfide) groups is 1. The Morgan fingerprint density at radius 3 is 2.65 bits per heavy atom. The molecule has 2 aliphatic heterocycles. The normalized spacial score (nSPS) is 24.8. The van der Waals surface area contributed by atoms with Crippen molar-refractivity contribution in [1.29, 1.82) is 0 Å². The van der Waals surface area contributed by atoms with Gasteiger partial charge in [-0.15, -0.1) is 11.8 Å². The molecule has 0 spiro atoms. The predicted octanol–water partition coefficient (Wildman–Crippen LogP) is 3.78. The van der Waals surface area contributed by atoms with Gasteiger partial charge in [0.2, 0.25) is 5.91 Å². The summed E-state index contributed by atoms with van der Waals surface area (Å²) in [6, 6.07) is 2.11. The summed E-state index contributed by atoms with van der Waals surface area (Å²) in [5.41, 5.74) is 1.60. The molecule has 1 unspecified atom stereocenters. The second-order valence-corrected chi connectivity index (χ2v) is 11.7. The maximum Gasteiger partial charge on any atom is 0.305 e. The molecule has 1 saturated heterocycles. The van der Waals surface area contributed by atoms with Gasteiger partial charge in [-0.05, 0) is 85.9 Å². The zero-order chi connectivity index (χ0) is 24.4. The van der Waals surface area contributed by atoms with Crippen molar-refractivity contribution < 1.29 is 14.7 Å². The number of amides is 1. The Hall–Kier alpha value is -2.06.